The first-order chi connectivity index (χ1) is 12.3. The molecular weight excluding hydrogens is 562 g/mol. The number of hydrogen-bond acceptors (Lipinski definition) is 5. The summed E-state index contributed by atoms with van der Waals surface area (Å²) in [7, 11) is 1.49. The molecule has 0 aliphatic carbocycles. The SMILES string of the molecule is COc1ccc(C(=O)N/N=C\c2cc(I)c(OC(C)C)c(I)c2)c(O)c1. The number of halogens is 2. The van der Waals surface area contributed by atoms with Gasteiger partial charge in [-0.05, 0) is 88.9 Å². The van der Waals surface area contributed by atoms with Gasteiger partial charge in [0.25, 0.3) is 5.91 Å². The molecule has 0 saturated heterocycles. The summed E-state index contributed by atoms with van der Waals surface area (Å²) in [5.74, 6) is 0.628. The van der Waals surface area contributed by atoms with Gasteiger partial charge in [0.05, 0.1) is 32.1 Å². The lowest BCUT2D eigenvalue weighted by atomic mass is 10.2. The molecule has 0 aromatic heterocycles. The highest BCUT2D eigenvalue weighted by molar-refractivity contribution is 14.1. The van der Waals surface area contributed by atoms with Crippen molar-refractivity contribution in [2.75, 3.05) is 7.11 Å². The van der Waals surface area contributed by atoms with Crippen LogP contribution in [0, 0.1) is 7.14 Å². The van der Waals surface area contributed by atoms with E-state index in [1.165, 1.54) is 19.2 Å². The van der Waals surface area contributed by atoms with Crippen molar-refractivity contribution in [3.8, 4) is 17.2 Å². The lowest BCUT2D eigenvalue weighted by Crippen LogP contribution is -2.17. The van der Waals surface area contributed by atoms with Gasteiger partial charge in [-0.2, -0.15) is 5.10 Å². The van der Waals surface area contributed by atoms with Gasteiger partial charge in [-0.15, -0.1) is 0 Å². The zero-order valence-electron chi connectivity index (χ0n) is 14.4. The first-order valence-electron chi connectivity index (χ1n) is 7.68. The number of carbonyl (C=O) groups is 1. The van der Waals surface area contributed by atoms with Crippen molar-refractivity contribution in [2.45, 2.75) is 20.0 Å². The van der Waals surface area contributed by atoms with Crippen LogP contribution in [0.5, 0.6) is 17.2 Å². The number of aromatic hydroxyl groups is 1. The molecule has 8 heteroatoms. The monoisotopic (exact) mass is 580 g/mol. The maximum atomic E-state index is 12.1. The third-order valence-electron chi connectivity index (χ3n) is 3.20. The van der Waals surface area contributed by atoms with Crippen LogP contribution < -0.4 is 14.9 Å². The molecule has 1 amide bonds. The van der Waals surface area contributed by atoms with Crippen LogP contribution in [0.2, 0.25) is 0 Å². The van der Waals surface area contributed by atoms with Gasteiger partial charge in [-0.3, -0.25) is 4.79 Å². The predicted octanol–water partition coefficient (Wildman–Crippen LogP) is 4.16. The fourth-order valence-electron chi connectivity index (χ4n) is 2.06. The van der Waals surface area contributed by atoms with Gasteiger partial charge in [0, 0.05) is 6.07 Å². The predicted molar refractivity (Wildman–Crippen MR) is 117 cm³/mol. The Morgan fingerprint density at radius 2 is 1.88 bits per heavy atom. The highest BCUT2D eigenvalue weighted by Gasteiger charge is 2.12. The molecule has 26 heavy (non-hydrogen) atoms. The molecule has 0 saturated carbocycles. The van der Waals surface area contributed by atoms with E-state index in [-0.39, 0.29) is 17.4 Å². The summed E-state index contributed by atoms with van der Waals surface area (Å²) in [6.45, 7) is 3.96. The van der Waals surface area contributed by atoms with Crippen LogP contribution in [0.25, 0.3) is 0 Å². The number of amides is 1. The molecule has 2 aromatic carbocycles. The second kappa shape index (κ2) is 9.40. The van der Waals surface area contributed by atoms with Crippen molar-refractivity contribution in [3.63, 3.8) is 0 Å². The summed E-state index contributed by atoms with van der Waals surface area (Å²) in [6, 6.07) is 8.28. The van der Waals surface area contributed by atoms with E-state index in [9.17, 15) is 9.90 Å². The highest BCUT2D eigenvalue weighted by atomic mass is 127. The summed E-state index contributed by atoms with van der Waals surface area (Å²) in [5, 5.41) is 13.8. The number of rotatable bonds is 6. The minimum atomic E-state index is -0.509. The van der Waals surface area contributed by atoms with E-state index in [2.05, 4.69) is 55.7 Å². The molecule has 0 atom stereocenters. The topological polar surface area (TPSA) is 80.2 Å². The van der Waals surface area contributed by atoms with Crippen LogP contribution in [-0.4, -0.2) is 30.4 Å². The summed E-state index contributed by atoms with van der Waals surface area (Å²) in [6.07, 6.45) is 1.63. The lowest BCUT2D eigenvalue weighted by Gasteiger charge is -2.14. The highest BCUT2D eigenvalue weighted by Crippen LogP contribution is 2.29. The summed E-state index contributed by atoms with van der Waals surface area (Å²) in [5.41, 5.74) is 3.35. The van der Waals surface area contributed by atoms with Crippen molar-refractivity contribution < 1.29 is 19.4 Å². The van der Waals surface area contributed by atoms with E-state index in [0.717, 1.165) is 18.5 Å². The quantitative estimate of drug-likeness (QED) is 0.306. The van der Waals surface area contributed by atoms with Crippen molar-refractivity contribution in [1.82, 2.24) is 5.43 Å². The third kappa shape index (κ3) is 5.47. The van der Waals surface area contributed by atoms with Gasteiger partial charge in [0.15, 0.2) is 0 Å². The molecule has 0 aliphatic heterocycles. The third-order valence-corrected chi connectivity index (χ3v) is 4.81. The van der Waals surface area contributed by atoms with Crippen LogP contribution >= 0.6 is 45.2 Å². The summed E-state index contributed by atoms with van der Waals surface area (Å²) < 4.78 is 12.7. The normalized spacial score (nSPS) is 11.0. The molecule has 2 aromatic rings. The van der Waals surface area contributed by atoms with Crippen LogP contribution in [0.15, 0.2) is 35.4 Å². The van der Waals surface area contributed by atoms with Crippen molar-refractivity contribution in [2.24, 2.45) is 5.10 Å². The van der Waals surface area contributed by atoms with Gasteiger partial charge in [0.1, 0.15) is 17.2 Å². The molecule has 6 nitrogen and oxygen atoms in total. The van der Waals surface area contributed by atoms with Crippen LogP contribution in [0.4, 0.5) is 0 Å². The first kappa shape index (κ1) is 20.7. The Morgan fingerprint density at radius 3 is 2.42 bits per heavy atom. The fourth-order valence-corrected chi connectivity index (χ4v) is 4.13. The molecule has 0 unspecified atom stereocenters. The molecule has 0 bridgehead atoms. The number of methoxy groups -OCH3 is 1. The number of phenols is 1. The molecule has 0 fully saturated rings. The number of hydrazone groups is 1. The van der Waals surface area contributed by atoms with Crippen molar-refractivity contribution >= 4 is 57.3 Å². The van der Waals surface area contributed by atoms with E-state index in [1.807, 2.05) is 26.0 Å². The van der Waals surface area contributed by atoms with Crippen molar-refractivity contribution in [1.29, 1.82) is 0 Å². The fraction of sp³-hybridized carbons (Fsp3) is 0.222. The first-order valence-corrected chi connectivity index (χ1v) is 9.83. The Kier molecular flexibility index (Phi) is 7.50. The zero-order valence-corrected chi connectivity index (χ0v) is 18.7. The molecule has 0 spiro atoms. The van der Waals surface area contributed by atoms with Gasteiger partial charge in [-0.25, -0.2) is 5.43 Å². The minimum absolute atomic E-state index is 0.0908. The van der Waals surface area contributed by atoms with E-state index in [4.69, 9.17) is 9.47 Å². The Morgan fingerprint density at radius 1 is 1.23 bits per heavy atom. The second-order valence-corrected chi connectivity index (χ2v) is 7.89. The number of nitrogens with zero attached hydrogens (tertiary/aromatic N) is 1. The molecule has 0 aliphatic rings. The number of phenolic OH excluding ortho intramolecular Hbond substituents is 1. The summed E-state index contributed by atoms with van der Waals surface area (Å²) in [4.78, 5) is 12.1. The minimum Gasteiger partial charge on any atom is -0.507 e. The van der Waals surface area contributed by atoms with Gasteiger partial charge in [-0.1, -0.05) is 0 Å². The average molecular weight is 580 g/mol. The Balaban J connectivity index is 2.09. The average Bonchev–Trinajstić information content (AvgIpc) is 2.57. The molecule has 0 radical (unpaired) electrons. The van der Waals surface area contributed by atoms with Gasteiger partial charge in [0.2, 0.25) is 0 Å². The number of ether oxygens (including phenoxy) is 2. The number of nitrogens with one attached hydrogen (secondary N) is 1. The van der Waals surface area contributed by atoms with E-state index >= 15 is 0 Å². The zero-order chi connectivity index (χ0) is 19.3. The number of benzene rings is 2. The maximum absolute atomic E-state index is 12.1. The van der Waals surface area contributed by atoms with Crippen LogP contribution in [0.1, 0.15) is 29.8 Å². The van der Waals surface area contributed by atoms with E-state index < -0.39 is 5.91 Å². The molecule has 2 N–H and O–H groups in total. The van der Waals surface area contributed by atoms with Crippen molar-refractivity contribution in [3.05, 3.63) is 48.6 Å². The van der Waals surface area contributed by atoms with Gasteiger partial charge >= 0.3 is 0 Å². The van der Waals surface area contributed by atoms with Crippen LogP contribution in [0.3, 0.4) is 0 Å². The van der Waals surface area contributed by atoms with Crippen LogP contribution in [-0.2, 0) is 0 Å². The standard InChI is InChI=1S/C18H18I2N2O4/c1-10(2)26-17-14(19)6-11(7-15(17)20)9-21-22-18(24)13-5-4-12(25-3)8-16(13)23/h4-10,23H,1-3H3,(H,22,24)/b21-9-. The number of hydrogen-bond donors (Lipinski definition) is 2. The maximum Gasteiger partial charge on any atom is 0.275 e. The molecule has 138 valence electrons. The van der Waals surface area contributed by atoms with E-state index in [0.29, 0.717) is 5.75 Å². The molecule has 0 heterocycles. The lowest BCUT2D eigenvalue weighted by molar-refractivity contribution is 0.0952. The second-order valence-electron chi connectivity index (χ2n) is 5.56. The number of carbonyl (C=O) groups excluding carboxylic acids is 1. The Hall–Kier alpha value is -1.56. The summed E-state index contributed by atoms with van der Waals surface area (Å²) >= 11 is 4.41. The largest absolute Gasteiger partial charge is 0.507 e. The Bertz CT molecular complexity index is 815. The van der Waals surface area contributed by atoms with E-state index in [1.54, 1.807) is 12.3 Å². The molecule has 2 rings (SSSR count). The smallest absolute Gasteiger partial charge is 0.275 e. The Labute approximate surface area is 179 Å². The van der Waals surface area contributed by atoms with Gasteiger partial charge < -0.3 is 14.6 Å². The molecular formula is C18H18I2N2O4.